The zero-order chi connectivity index (χ0) is 14.8. The van der Waals surface area contributed by atoms with E-state index in [0.29, 0.717) is 17.9 Å². The third kappa shape index (κ3) is 2.42. The minimum atomic E-state index is -0.935. The van der Waals surface area contributed by atoms with Crippen LogP contribution in [-0.2, 0) is 0 Å². The Labute approximate surface area is 120 Å². The number of para-hydroxylation sites is 1. The van der Waals surface area contributed by atoms with Crippen LogP contribution in [0.4, 0.5) is 14.6 Å². The van der Waals surface area contributed by atoms with E-state index in [1.165, 1.54) is 12.1 Å². The highest BCUT2D eigenvalue weighted by Gasteiger charge is 2.14. The Bertz CT molecular complexity index is 803. The van der Waals surface area contributed by atoms with Crippen molar-refractivity contribution in [3.05, 3.63) is 54.1 Å². The van der Waals surface area contributed by atoms with Gasteiger partial charge in [0.2, 0.25) is 0 Å². The van der Waals surface area contributed by atoms with Crippen LogP contribution in [0.5, 0.6) is 0 Å². The van der Waals surface area contributed by atoms with Crippen LogP contribution < -0.4 is 5.32 Å². The molecule has 0 radical (unpaired) electrons. The topological polar surface area (TPSA) is 37.8 Å². The Morgan fingerprint density at radius 1 is 1.00 bits per heavy atom. The molecule has 0 amide bonds. The summed E-state index contributed by atoms with van der Waals surface area (Å²) in [6.07, 6.45) is 0. The van der Waals surface area contributed by atoms with E-state index >= 15 is 0 Å². The third-order valence-corrected chi connectivity index (χ3v) is 3.14. The number of nitrogens with one attached hydrogen (secondary N) is 1. The molecule has 0 bridgehead atoms. The van der Waals surface area contributed by atoms with E-state index in [1.807, 2.05) is 31.2 Å². The highest BCUT2D eigenvalue weighted by atomic mass is 19.2. The van der Waals surface area contributed by atoms with Crippen LogP contribution >= 0.6 is 0 Å². The van der Waals surface area contributed by atoms with Crippen LogP contribution in [0.1, 0.15) is 6.92 Å². The fraction of sp³-hybridized carbons (Fsp3) is 0.125. The Balaban J connectivity index is 2.26. The number of nitrogens with zero attached hydrogens (tertiary/aromatic N) is 2. The number of aromatic nitrogens is 2. The van der Waals surface area contributed by atoms with Crippen LogP contribution in [0, 0.1) is 11.6 Å². The molecule has 1 N–H and O–H groups in total. The summed E-state index contributed by atoms with van der Waals surface area (Å²) in [6, 6.07) is 11.4. The van der Waals surface area contributed by atoms with Gasteiger partial charge in [0.05, 0.1) is 11.1 Å². The van der Waals surface area contributed by atoms with E-state index in [1.54, 1.807) is 0 Å². The van der Waals surface area contributed by atoms with Gasteiger partial charge in [0.15, 0.2) is 17.5 Å². The summed E-state index contributed by atoms with van der Waals surface area (Å²) in [6.45, 7) is 2.62. The molecule has 0 unspecified atom stereocenters. The largest absolute Gasteiger partial charge is 0.370 e. The van der Waals surface area contributed by atoms with E-state index in [-0.39, 0.29) is 11.4 Å². The first kappa shape index (κ1) is 13.4. The predicted octanol–water partition coefficient (Wildman–Crippen LogP) is 4.01. The maximum absolute atomic E-state index is 13.9. The quantitative estimate of drug-likeness (QED) is 0.790. The second-order valence-electron chi connectivity index (χ2n) is 4.54. The van der Waals surface area contributed by atoms with Gasteiger partial charge in [-0.15, -0.1) is 0 Å². The van der Waals surface area contributed by atoms with Gasteiger partial charge in [-0.25, -0.2) is 18.7 Å². The van der Waals surface area contributed by atoms with Gasteiger partial charge in [0.1, 0.15) is 5.82 Å². The summed E-state index contributed by atoms with van der Waals surface area (Å²) in [5, 5.41) is 3.97. The minimum absolute atomic E-state index is 0.0555. The molecule has 0 aliphatic rings. The van der Waals surface area contributed by atoms with Crippen molar-refractivity contribution in [2.45, 2.75) is 6.92 Å². The fourth-order valence-electron chi connectivity index (χ4n) is 2.18. The highest BCUT2D eigenvalue weighted by molar-refractivity contribution is 5.90. The maximum atomic E-state index is 13.9. The molecule has 0 saturated heterocycles. The summed E-state index contributed by atoms with van der Waals surface area (Å²) >= 11 is 0. The predicted molar refractivity (Wildman–Crippen MR) is 79.1 cm³/mol. The lowest BCUT2D eigenvalue weighted by Crippen LogP contribution is -2.03. The Morgan fingerprint density at radius 2 is 1.81 bits per heavy atom. The summed E-state index contributed by atoms with van der Waals surface area (Å²) in [7, 11) is 0. The van der Waals surface area contributed by atoms with Crippen LogP contribution in [0.3, 0.4) is 0 Å². The van der Waals surface area contributed by atoms with Gasteiger partial charge in [-0.1, -0.05) is 18.2 Å². The number of hydrogen-bond donors (Lipinski definition) is 1. The molecular formula is C16H13F2N3. The number of hydrogen-bond acceptors (Lipinski definition) is 3. The molecule has 0 spiro atoms. The number of benzene rings is 2. The van der Waals surface area contributed by atoms with Gasteiger partial charge in [-0.3, -0.25) is 0 Å². The monoisotopic (exact) mass is 285 g/mol. The van der Waals surface area contributed by atoms with Crippen LogP contribution in [-0.4, -0.2) is 16.5 Å². The van der Waals surface area contributed by atoms with E-state index in [4.69, 9.17) is 0 Å². The van der Waals surface area contributed by atoms with Crippen molar-refractivity contribution in [1.29, 1.82) is 0 Å². The molecular weight excluding hydrogens is 272 g/mol. The first-order chi connectivity index (χ1) is 10.2. The zero-order valence-corrected chi connectivity index (χ0v) is 11.4. The molecule has 106 valence electrons. The average Bonchev–Trinajstić information content (AvgIpc) is 2.50. The molecule has 3 aromatic rings. The molecule has 5 heteroatoms. The van der Waals surface area contributed by atoms with E-state index in [9.17, 15) is 8.78 Å². The number of halogens is 2. The van der Waals surface area contributed by atoms with Crippen molar-refractivity contribution in [2.75, 3.05) is 11.9 Å². The fourth-order valence-corrected chi connectivity index (χ4v) is 2.18. The lowest BCUT2D eigenvalue weighted by Gasteiger charge is -2.10. The molecule has 0 aliphatic carbocycles. The van der Waals surface area contributed by atoms with Crippen molar-refractivity contribution in [2.24, 2.45) is 0 Å². The van der Waals surface area contributed by atoms with Crippen LogP contribution in [0.2, 0.25) is 0 Å². The van der Waals surface area contributed by atoms with Gasteiger partial charge in [0.25, 0.3) is 0 Å². The lowest BCUT2D eigenvalue weighted by molar-refractivity contribution is 0.510. The van der Waals surface area contributed by atoms with E-state index in [0.717, 1.165) is 11.5 Å². The first-order valence-electron chi connectivity index (χ1n) is 6.65. The second-order valence-corrected chi connectivity index (χ2v) is 4.54. The molecule has 21 heavy (non-hydrogen) atoms. The highest BCUT2D eigenvalue weighted by Crippen LogP contribution is 2.27. The SMILES string of the molecule is CCNc1nc(-c2cccc(F)c2F)nc2ccccc12. The van der Waals surface area contributed by atoms with Crippen molar-refractivity contribution in [3.8, 4) is 11.4 Å². The summed E-state index contributed by atoms with van der Waals surface area (Å²) in [5.41, 5.74) is 0.738. The Kier molecular flexibility index (Phi) is 3.48. The van der Waals surface area contributed by atoms with E-state index < -0.39 is 11.6 Å². The number of rotatable bonds is 3. The molecule has 0 saturated carbocycles. The molecule has 1 aromatic heterocycles. The van der Waals surface area contributed by atoms with Crippen molar-refractivity contribution in [1.82, 2.24) is 9.97 Å². The maximum Gasteiger partial charge on any atom is 0.169 e. The van der Waals surface area contributed by atoms with Gasteiger partial charge in [-0.2, -0.15) is 0 Å². The summed E-state index contributed by atoms with van der Waals surface area (Å²) in [4.78, 5) is 8.67. The first-order valence-corrected chi connectivity index (χ1v) is 6.65. The number of fused-ring (bicyclic) bond motifs is 1. The van der Waals surface area contributed by atoms with Gasteiger partial charge >= 0.3 is 0 Å². The van der Waals surface area contributed by atoms with Crippen molar-refractivity contribution in [3.63, 3.8) is 0 Å². The smallest absolute Gasteiger partial charge is 0.169 e. The molecule has 0 aliphatic heterocycles. The van der Waals surface area contributed by atoms with Crippen molar-refractivity contribution < 1.29 is 8.78 Å². The molecule has 3 rings (SSSR count). The Morgan fingerprint density at radius 3 is 2.62 bits per heavy atom. The molecule has 3 nitrogen and oxygen atoms in total. The molecule has 2 aromatic carbocycles. The standard InChI is InChI=1S/C16H13F2N3/c1-2-19-15-10-6-3-4-9-13(10)20-16(21-15)11-7-5-8-12(17)14(11)18/h3-9H,2H2,1H3,(H,19,20,21). The lowest BCUT2D eigenvalue weighted by atomic mass is 10.1. The second kappa shape index (κ2) is 5.44. The number of anilines is 1. The summed E-state index contributed by atoms with van der Waals surface area (Å²) < 4.78 is 27.3. The molecule has 1 heterocycles. The zero-order valence-electron chi connectivity index (χ0n) is 11.4. The van der Waals surface area contributed by atoms with Crippen LogP contribution in [0.25, 0.3) is 22.3 Å². The third-order valence-electron chi connectivity index (χ3n) is 3.14. The Hall–Kier alpha value is -2.56. The van der Waals surface area contributed by atoms with Gasteiger partial charge < -0.3 is 5.32 Å². The average molecular weight is 285 g/mol. The minimum Gasteiger partial charge on any atom is -0.370 e. The molecule has 0 fully saturated rings. The van der Waals surface area contributed by atoms with E-state index in [2.05, 4.69) is 15.3 Å². The van der Waals surface area contributed by atoms with Crippen molar-refractivity contribution >= 4 is 16.7 Å². The normalized spacial score (nSPS) is 10.8. The van der Waals surface area contributed by atoms with Gasteiger partial charge in [-0.05, 0) is 31.2 Å². The molecule has 0 atom stereocenters. The summed E-state index contributed by atoms with van der Waals surface area (Å²) in [5.74, 6) is -1.06. The van der Waals surface area contributed by atoms with Crippen LogP contribution in [0.15, 0.2) is 42.5 Å². The van der Waals surface area contributed by atoms with Gasteiger partial charge in [0, 0.05) is 11.9 Å².